The third-order valence-corrected chi connectivity index (χ3v) is 5.46. The van der Waals surface area contributed by atoms with Crippen LogP contribution in [0.25, 0.3) is 11.3 Å². The lowest BCUT2D eigenvalue weighted by Crippen LogP contribution is -2.48. The van der Waals surface area contributed by atoms with Crippen molar-refractivity contribution in [2.45, 2.75) is 18.9 Å². The van der Waals surface area contributed by atoms with E-state index in [9.17, 15) is 9.59 Å². The number of amides is 2. The molecule has 1 saturated heterocycles. The van der Waals surface area contributed by atoms with Gasteiger partial charge < -0.3 is 20.7 Å². The van der Waals surface area contributed by atoms with E-state index in [4.69, 9.17) is 22.1 Å². The smallest absolute Gasteiger partial charge is 0.409 e. The van der Waals surface area contributed by atoms with Crippen molar-refractivity contribution in [1.29, 1.82) is 0 Å². The average molecular weight is 452 g/mol. The topological polar surface area (TPSA) is 110 Å². The molecule has 1 unspecified atom stereocenters. The largest absolute Gasteiger partial charge is 0.410 e. The predicted octanol–water partition coefficient (Wildman–Crippen LogP) is 3.65. The van der Waals surface area contributed by atoms with Crippen LogP contribution in [-0.2, 0) is 0 Å². The molecule has 2 heterocycles. The lowest BCUT2D eigenvalue weighted by molar-refractivity contribution is 0.0933. The molecule has 2 amide bonds. The van der Waals surface area contributed by atoms with Crippen molar-refractivity contribution in [3.05, 3.63) is 71.2 Å². The Morgan fingerprint density at radius 2 is 1.84 bits per heavy atom. The number of primary amides is 1. The van der Waals surface area contributed by atoms with Gasteiger partial charge >= 0.3 is 6.09 Å². The summed E-state index contributed by atoms with van der Waals surface area (Å²) in [6, 6.07) is 17.5. The number of hydrogen-bond donors (Lipinski definition) is 2. The summed E-state index contributed by atoms with van der Waals surface area (Å²) in [5, 5.41) is 12.3. The molecule has 1 atom stereocenters. The van der Waals surface area contributed by atoms with Gasteiger partial charge in [0.05, 0.1) is 5.69 Å². The Balaban J connectivity index is 1.44. The molecule has 0 radical (unpaired) electrons. The highest BCUT2D eigenvalue weighted by Crippen LogP contribution is 2.29. The van der Waals surface area contributed by atoms with Crippen molar-refractivity contribution in [3.8, 4) is 17.0 Å². The highest BCUT2D eigenvalue weighted by atomic mass is 35.5. The predicted molar refractivity (Wildman–Crippen MR) is 122 cm³/mol. The van der Waals surface area contributed by atoms with Crippen molar-refractivity contribution < 1.29 is 14.3 Å². The molecule has 0 saturated carbocycles. The number of nitrogens with two attached hydrogens (primary N) is 1. The van der Waals surface area contributed by atoms with Crippen molar-refractivity contribution >= 4 is 29.4 Å². The van der Waals surface area contributed by atoms with Gasteiger partial charge in [-0.05, 0) is 61.4 Å². The van der Waals surface area contributed by atoms with Crippen LogP contribution in [0.15, 0.2) is 60.7 Å². The van der Waals surface area contributed by atoms with Crippen molar-refractivity contribution in [3.63, 3.8) is 0 Å². The summed E-state index contributed by atoms with van der Waals surface area (Å²) in [5.74, 6) is 0.915. The normalized spacial score (nSPS) is 15.8. The first-order chi connectivity index (χ1) is 15.5. The van der Waals surface area contributed by atoms with Crippen LogP contribution in [0.2, 0.25) is 5.02 Å². The molecule has 8 nitrogen and oxygen atoms in total. The SMILES string of the molecule is NC(=O)Oc1ccccc1-c1ccc(N2CCCC(NC(=O)c3ccc(Cl)cc3)C2)nn1. The van der Waals surface area contributed by atoms with Gasteiger partial charge in [0.25, 0.3) is 5.91 Å². The molecule has 0 bridgehead atoms. The van der Waals surface area contributed by atoms with Gasteiger partial charge in [-0.3, -0.25) is 4.79 Å². The lowest BCUT2D eigenvalue weighted by Gasteiger charge is -2.33. The molecule has 1 aromatic heterocycles. The number of carbonyl (C=O) groups is 2. The van der Waals surface area contributed by atoms with Gasteiger partial charge in [-0.15, -0.1) is 10.2 Å². The second-order valence-electron chi connectivity index (χ2n) is 7.46. The van der Waals surface area contributed by atoms with Crippen molar-refractivity contribution in [1.82, 2.24) is 15.5 Å². The average Bonchev–Trinajstić information content (AvgIpc) is 2.80. The summed E-state index contributed by atoms with van der Waals surface area (Å²) in [7, 11) is 0. The number of nitrogens with one attached hydrogen (secondary N) is 1. The maximum absolute atomic E-state index is 12.5. The molecule has 1 aliphatic heterocycles. The van der Waals surface area contributed by atoms with E-state index >= 15 is 0 Å². The minimum Gasteiger partial charge on any atom is -0.410 e. The summed E-state index contributed by atoms with van der Waals surface area (Å²) < 4.78 is 5.05. The van der Waals surface area contributed by atoms with Crippen LogP contribution in [-0.4, -0.2) is 41.3 Å². The number of carbonyl (C=O) groups excluding carboxylic acids is 2. The number of ether oxygens (including phenoxy) is 1. The van der Waals surface area contributed by atoms with Gasteiger partial charge in [0.2, 0.25) is 0 Å². The molecule has 0 aliphatic carbocycles. The molecule has 3 N–H and O–H groups in total. The number of anilines is 1. The van der Waals surface area contributed by atoms with Crippen LogP contribution < -0.4 is 20.7 Å². The Morgan fingerprint density at radius 3 is 2.56 bits per heavy atom. The van der Waals surface area contributed by atoms with Crippen molar-refractivity contribution in [2.75, 3.05) is 18.0 Å². The summed E-state index contributed by atoms with van der Waals surface area (Å²) in [5.41, 5.74) is 6.91. The zero-order valence-corrected chi connectivity index (χ0v) is 18.0. The quantitative estimate of drug-likeness (QED) is 0.612. The van der Waals surface area contributed by atoms with E-state index in [-0.39, 0.29) is 11.9 Å². The fraction of sp³-hybridized carbons (Fsp3) is 0.217. The number of rotatable bonds is 5. The minimum absolute atomic E-state index is 0.00176. The molecule has 4 rings (SSSR count). The molecular weight excluding hydrogens is 430 g/mol. The number of para-hydroxylation sites is 1. The Morgan fingerprint density at radius 1 is 1.06 bits per heavy atom. The third-order valence-electron chi connectivity index (χ3n) is 5.21. The van der Waals surface area contributed by atoms with E-state index < -0.39 is 6.09 Å². The minimum atomic E-state index is -0.887. The van der Waals surface area contributed by atoms with Gasteiger partial charge in [0.1, 0.15) is 5.75 Å². The molecule has 0 spiro atoms. The first kappa shape index (κ1) is 21.6. The van der Waals surface area contributed by atoms with Gasteiger partial charge in [0.15, 0.2) is 5.82 Å². The number of piperidine rings is 1. The zero-order valence-electron chi connectivity index (χ0n) is 17.2. The first-order valence-corrected chi connectivity index (χ1v) is 10.6. The molecule has 1 aliphatic rings. The van der Waals surface area contributed by atoms with E-state index in [0.717, 1.165) is 19.4 Å². The van der Waals surface area contributed by atoms with Gasteiger partial charge in [-0.25, -0.2) is 4.79 Å². The maximum atomic E-state index is 12.5. The molecule has 9 heteroatoms. The fourth-order valence-electron chi connectivity index (χ4n) is 3.69. The second-order valence-corrected chi connectivity index (χ2v) is 7.90. The molecule has 32 heavy (non-hydrogen) atoms. The number of hydrogen-bond acceptors (Lipinski definition) is 6. The monoisotopic (exact) mass is 451 g/mol. The standard InChI is InChI=1S/C23H22ClN5O3/c24-16-9-7-15(8-10-16)22(30)26-17-4-3-13-29(14-17)21-12-11-19(27-28-21)18-5-1-2-6-20(18)32-23(25)31/h1-2,5-12,17H,3-4,13-14H2,(H2,25,31)(H,26,30). The van der Waals surface area contributed by atoms with Crippen LogP contribution >= 0.6 is 11.6 Å². The summed E-state index contributed by atoms with van der Waals surface area (Å²) in [4.78, 5) is 25.8. The number of halogens is 1. The van der Waals surface area contributed by atoms with Gasteiger partial charge in [0, 0.05) is 35.3 Å². The second kappa shape index (κ2) is 9.65. The van der Waals surface area contributed by atoms with Crippen LogP contribution in [0.4, 0.5) is 10.6 Å². The Kier molecular flexibility index (Phi) is 6.51. The summed E-state index contributed by atoms with van der Waals surface area (Å²) in [6.07, 6.45) is 0.922. The summed E-state index contributed by atoms with van der Waals surface area (Å²) >= 11 is 5.90. The molecule has 3 aromatic rings. The number of aromatic nitrogens is 2. The van der Waals surface area contributed by atoms with Gasteiger partial charge in [-0.1, -0.05) is 23.7 Å². The maximum Gasteiger partial charge on any atom is 0.409 e. The third kappa shape index (κ3) is 5.15. The fourth-order valence-corrected chi connectivity index (χ4v) is 3.81. The van der Waals surface area contributed by atoms with Crippen LogP contribution in [0.1, 0.15) is 23.2 Å². The first-order valence-electron chi connectivity index (χ1n) is 10.2. The van der Waals surface area contributed by atoms with E-state index in [1.807, 2.05) is 18.2 Å². The van der Waals surface area contributed by atoms with Crippen molar-refractivity contribution in [2.24, 2.45) is 5.73 Å². The number of nitrogens with zero attached hydrogens (tertiary/aromatic N) is 3. The molecule has 1 fully saturated rings. The van der Waals surface area contributed by atoms with Gasteiger partial charge in [-0.2, -0.15) is 0 Å². The van der Waals surface area contributed by atoms with Crippen LogP contribution in [0.3, 0.4) is 0 Å². The van der Waals surface area contributed by atoms with E-state index in [1.54, 1.807) is 42.5 Å². The summed E-state index contributed by atoms with van der Waals surface area (Å²) in [6.45, 7) is 1.46. The van der Waals surface area contributed by atoms with E-state index in [1.165, 1.54) is 0 Å². The Hall–Kier alpha value is -3.65. The Bertz CT molecular complexity index is 1110. The van der Waals surface area contributed by atoms with Crippen LogP contribution in [0.5, 0.6) is 5.75 Å². The molecular formula is C23H22ClN5O3. The van der Waals surface area contributed by atoms with Crippen LogP contribution in [0, 0.1) is 0 Å². The van der Waals surface area contributed by atoms with E-state index in [2.05, 4.69) is 20.4 Å². The molecule has 2 aromatic carbocycles. The highest BCUT2D eigenvalue weighted by molar-refractivity contribution is 6.30. The Labute approximate surface area is 190 Å². The number of benzene rings is 2. The molecule has 164 valence electrons. The van der Waals surface area contributed by atoms with E-state index in [0.29, 0.717) is 40.0 Å². The zero-order chi connectivity index (χ0) is 22.5. The lowest BCUT2D eigenvalue weighted by atomic mass is 10.0. The highest BCUT2D eigenvalue weighted by Gasteiger charge is 2.23.